The van der Waals surface area contributed by atoms with Crippen LogP contribution in [0.1, 0.15) is 27.0 Å². The highest BCUT2D eigenvalue weighted by Crippen LogP contribution is 2.26. The van der Waals surface area contributed by atoms with Crippen molar-refractivity contribution >= 4 is 33.2 Å². The van der Waals surface area contributed by atoms with Crippen molar-refractivity contribution < 1.29 is 4.79 Å². The molecule has 3 N–H and O–H groups in total. The van der Waals surface area contributed by atoms with E-state index in [1.165, 1.54) is 0 Å². The van der Waals surface area contributed by atoms with Gasteiger partial charge in [-0.3, -0.25) is 4.79 Å². The molecular formula is C16H17BrN2O. The summed E-state index contributed by atoms with van der Waals surface area (Å²) in [6.07, 6.45) is 0. The largest absolute Gasteiger partial charge is 0.398 e. The van der Waals surface area contributed by atoms with E-state index in [1.54, 1.807) is 6.07 Å². The molecule has 104 valence electrons. The summed E-state index contributed by atoms with van der Waals surface area (Å²) >= 11 is 3.51. The van der Waals surface area contributed by atoms with Gasteiger partial charge in [0.1, 0.15) is 0 Å². The van der Waals surface area contributed by atoms with E-state index in [0.717, 1.165) is 26.9 Å². The number of carbonyl (C=O) groups excluding carboxylic acids is 1. The molecule has 0 aromatic heterocycles. The van der Waals surface area contributed by atoms with Crippen molar-refractivity contribution in [3.05, 3.63) is 57.1 Å². The number of halogens is 1. The van der Waals surface area contributed by atoms with Crippen LogP contribution < -0.4 is 11.1 Å². The van der Waals surface area contributed by atoms with Crippen molar-refractivity contribution in [1.29, 1.82) is 0 Å². The summed E-state index contributed by atoms with van der Waals surface area (Å²) in [4.78, 5) is 12.4. The van der Waals surface area contributed by atoms with E-state index in [2.05, 4.69) is 21.2 Å². The van der Waals surface area contributed by atoms with Crippen molar-refractivity contribution in [3.63, 3.8) is 0 Å². The van der Waals surface area contributed by atoms with Gasteiger partial charge in [0.2, 0.25) is 0 Å². The quantitative estimate of drug-likeness (QED) is 0.809. The molecule has 0 heterocycles. The van der Waals surface area contributed by atoms with Crippen LogP contribution in [-0.4, -0.2) is 5.91 Å². The minimum Gasteiger partial charge on any atom is -0.398 e. The SMILES string of the molecule is Cc1cc(NC(=O)c2c(C)cccc2N)cc(C)c1Br. The summed E-state index contributed by atoms with van der Waals surface area (Å²) in [7, 11) is 0. The highest BCUT2D eigenvalue weighted by molar-refractivity contribution is 9.10. The average molecular weight is 333 g/mol. The number of carbonyl (C=O) groups is 1. The number of hydrogen-bond donors (Lipinski definition) is 2. The third-order valence-electron chi connectivity index (χ3n) is 3.23. The standard InChI is InChI=1S/C16H17BrN2O/c1-9-5-4-6-13(18)14(9)16(20)19-12-7-10(2)15(17)11(3)8-12/h4-8H,18H2,1-3H3,(H,19,20). The molecule has 3 nitrogen and oxygen atoms in total. The normalized spacial score (nSPS) is 10.4. The van der Waals surface area contributed by atoms with E-state index in [-0.39, 0.29) is 5.91 Å². The second kappa shape index (κ2) is 5.67. The number of amides is 1. The lowest BCUT2D eigenvalue weighted by atomic mass is 10.1. The molecule has 2 aromatic carbocycles. The van der Waals surface area contributed by atoms with Gasteiger partial charge in [-0.25, -0.2) is 0 Å². The maximum atomic E-state index is 12.4. The van der Waals surface area contributed by atoms with Crippen molar-refractivity contribution in [3.8, 4) is 0 Å². The molecule has 0 radical (unpaired) electrons. The summed E-state index contributed by atoms with van der Waals surface area (Å²) in [6.45, 7) is 5.87. The first-order valence-corrected chi connectivity index (χ1v) is 7.12. The van der Waals surface area contributed by atoms with Crippen LogP contribution in [0.15, 0.2) is 34.8 Å². The van der Waals surface area contributed by atoms with Crippen LogP contribution >= 0.6 is 15.9 Å². The number of nitrogens with two attached hydrogens (primary N) is 1. The molecule has 0 saturated heterocycles. The van der Waals surface area contributed by atoms with Crippen LogP contribution in [0.25, 0.3) is 0 Å². The monoisotopic (exact) mass is 332 g/mol. The summed E-state index contributed by atoms with van der Waals surface area (Å²) in [5, 5.41) is 2.91. The zero-order chi connectivity index (χ0) is 14.9. The molecule has 2 rings (SSSR count). The summed E-state index contributed by atoms with van der Waals surface area (Å²) < 4.78 is 1.06. The van der Waals surface area contributed by atoms with Gasteiger partial charge in [-0.15, -0.1) is 0 Å². The highest BCUT2D eigenvalue weighted by Gasteiger charge is 2.13. The molecule has 0 saturated carbocycles. The number of anilines is 2. The Morgan fingerprint density at radius 3 is 2.25 bits per heavy atom. The third-order valence-corrected chi connectivity index (χ3v) is 4.48. The first-order chi connectivity index (χ1) is 9.40. The lowest BCUT2D eigenvalue weighted by molar-refractivity contribution is 0.102. The van der Waals surface area contributed by atoms with Gasteiger partial charge < -0.3 is 11.1 Å². The average Bonchev–Trinajstić information content (AvgIpc) is 2.35. The predicted molar refractivity (Wildman–Crippen MR) is 87.2 cm³/mol. The van der Waals surface area contributed by atoms with Crippen molar-refractivity contribution in [2.45, 2.75) is 20.8 Å². The summed E-state index contributed by atoms with van der Waals surface area (Å²) in [6, 6.07) is 9.33. The van der Waals surface area contributed by atoms with E-state index >= 15 is 0 Å². The molecular weight excluding hydrogens is 316 g/mol. The fraction of sp³-hybridized carbons (Fsp3) is 0.188. The Bertz CT molecular complexity index is 637. The Morgan fingerprint density at radius 2 is 1.70 bits per heavy atom. The van der Waals surface area contributed by atoms with Crippen LogP contribution in [0.3, 0.4) is 0 Å². The Morgan fingerprint density at radius 1 is 1.10 bits per heavy atom. The third kappa shape index (κ3) is 2.85. The molecule has 0 bridgehead atoms. The Hall–Kier alpha value is -1.81. The molecule has 0 atom stereocenters. The smallest absolute Gasteiger partial charge is 0.258 e. The molecule has 0 aliphatic carbocycles. The second-order valence-corrected chi connectivity index (χ2v) is 5.71. The summed E-state index contributed by atoms with van der Waals surface area (Å²) in [5.41, 5.74) is 10.7. The van der Waals surface area contributed by atoms with Crippen molar-refractivity contribution in [1.82, 2.24) is 0 Å². The van der Waals surface area contributed by atoms with E-state index in [1.807, 2.05) is 45.0 Å². The van der Waals surface area contributed by atoms with Gasteiger partial charge >= 0.3 is 0 Å². The van der Waals surface area contributed by atoms with E-state index in [4.69, 9.17) is 5.73 Å². The first-order valence-electron chi connectivity index (χ1n) is 6.33. The highest BCUT2D eigenvalue weighted by atomic mass is 79.9. The molecule has 0 aliphatic rings. The number of nitrogens with one attached hydrogen (secondary N) is 1. The fourth-order valence-corrected chi connectivity index (χ4v) is 2.44. The molecule has 1 amide bonds. The van der Waals surface area contributed by atoms with E-state index in [0.29, 0.717) is 11.3 Å². The molecule has 0 unspecified atom stereocenters. The number of rotatable bonds is 2. The van der Waals surface area contributed by atoms with E-state index in [9.17, 15) is 4.79 Å². The second-order valence-electron chi connectivity index (χ2n) is 4.92. The maximum Gasteiger partial charge on any atom is 0.258 e. The molecule has 2 aromatic rings. The molecule has 4 heteroatoms. The zero-order valence-electron chi connectivity index (χ0n) is 11.8. The van der Waals surface area contributed by atoms with Gasteiger partial charge in [-0.05, 0) is 55.7 Å². The lowest BCUT2D eigenvalue weighted by Crippen LogP contribution is -2.15. The number of benzene rings is 2. The predicted octanol–water partition coefficient (Wildman–Crippen LogP) is 4.21. The van der Waals surface area contributed by atoms with Gasteiger partial charge in [0.25, 0.3) is 5.91 Å². The van der Waals surface area contributed by atoms with Crippen LogP contribution in [-0.2, 0) is 0 Å². The Kier molecular flexibility index (Phi) is 4.14. The van der Waals surface area contributed by atoms with Crippen LogP contribution in [0, 0.1) is 20.8 Å². The maximum absolute atomic E-state index is 12.4. The molecule has 0 fully saturated rings. The number of nitrogen functional groups attached to an aromatic ring is 1. The lowest BCUT2D eigenvalue weighted by Gasteiger charge is -2.12. The minimum absolute atomic E-state index is 0.179. The fourth-order valence-electron chi connectivity index (χ4n) is 2.21. The van der Waals surface area contributed by atoms with Crippen LogP contribution in [0.4, 0.5) is 11.4 Å². The molecule has 0 spiro atoms. The topological polar surface area (TPSA) is 55.1 Å². The van der Waals surface area contributed by atoms with Gasteiger partial charge in [0.15, 0.2) is 0 Å². The number of hydrogen-bond acceptors (Lipinski definition) is 2. The van der Waals surface area contributed by atoms with Crippen molar-refractivity contribution in [2.75, 3.05) is 11.1 Å². The first kappa shape index (κ1) is 14.6. The Balaban J connectivity index is 2.33. The van der Waals surface area contributed by atoms with Crippen LogP contribution in [0.5, 0.6) is 0 Å². The summed E-state index contributed by atoms with van der Waals surface area (Å²) in [5.74, 6) is -0.179. The van der Waals surface area contributed by atoms with Crippen molar-refractivity contribution in [2.24, 2.45) is 0 Å². The van der Waals surface area contributed by atoms with E-state index < -0.39 is 0 Å². The number of aryl methyl sites for hydroxylation is 3. The Labute approximate surface area is 127 Å². The van der Waals surface area contributed by atoms with Gasteiger partial charge in [0, 0.05) is 15.8 Å². The zero-order valence-corrected chi connectivity index (χ0v) is 13.3. The molecule has 20 heavy (non-hydrogen) atoms. The van der Waals surface area contributed by atoms with Gasteiger partial charge in [0.05, 0.1) is 5.56 Å². The minimum atomic E-state index is -0.179. The molecule has 0 aliphatic heterocycles. The van der Waals surface area contributed by atoms with Gasteiger partial charge in [-0.2, -0.15) is 0 Å². The van der Waals surface area contributed by atoms with Crippen LogP contribution in [0.2, 0.25) is 0 Å². The van der Waals surface area contributed by atoms with Gasteiger partial charge in [-0.1, -0.05) is 28.1 Å².